The molecule has 96 valence electrons. The molecule has 0 aliphatic carbocycles. The predicted molar refractivity (Wildman–Crippen MR) is 62.6 cm³/mol. The second-order valence-corrected chi connectivity index (χ2v) is 4.92. The fourth-order valence-electron chi connectivity index (χ4n) is 1.28. The Labute approximate surface area is 102 Å². The number of hydrogen-bond acceptors (Lipinski definition) is 5. The fourth-order valence-corrected chi connectivity index (χ4v) is 1.28. The Morgan fingerprint density at radius 1 is 1.41 bits per heavy atom. The average Bonchev–Trinajstić information content (AvgIpc) is 2.66. The van der Waals surface area contributed by atoms with E-state index in [2.05, 4.69) is 10.1 Å². The van der Waals surface area contributed by atoms with E-state index in [4.69, 9.17) is 9.26 Å². The number of carbonyl (C=O) groups is 1. The number of nitrogens with zero attached hydrogens (tertiary/aromatic N) is 2. The van der Waals surface area contributed by atoms with E-state index in [0.29, 0.717) is 37.6 Å². The molecule has 0 aromatic carbocycles. The van der Waals surface area contributed by atoms with Gasteiger partial charge in [-0.25, -0.2) is 0 Å². The highest BCUT2D eigenvalue weighted by Crippen LogP contribution is 2.18. The molecule has 0 unspecified atom stereocenters. The van der Waals surface area contributed by atoms with E-state index >= 15 is 0 Å². The van der Waals surface area contributed by atoms with Gasteiger partial charge in [0.05, 0.1) is 6.61 Å². The molecule has 17 heavy (non-hydrogen) atoms. The molecule has 5 heteroatoms. The van der Waals surface area contributed by atoms with E-state index in [1.807, 2.05) is 20.8 Å². The Balaban J connectivity index is 2.38. The fraction of sp³-hybridized carbons (Fsp3) is 0.750. The molecule has 0 saturated heterocycles. The molecule has 0 aliphatic rings. The van der Waals surface area contributed by atoms with Gasteiger partial charge in [-0.1, -0.05) is 25.9 Å². The van der Waals surface area contributed by atoms with E-state index < -0.39 is 0 Å². The van der Waals surface area contributed by atoms with E-state index in [-0.39, 0.29) is 11.4 Å². The Bertz CT molecular complexity index is 366. The van der Waals surface area contributed by atoms with Crippen LogP contribution in [0.4, 0.5) is 0 Å². The van der Waals surface area contributed by atoms with Crippen molar-refractivity contribution in [2.75, 3.05) is 6.61 Å². The molecule has 5 nitrogen and oxygen atoms in total. The standard InChI is InChI=1S/C12H20N2O3/c1-5-16-10(15)8-6-7-9-13-11(14-17-9)12(2,3)4/h5-8H2,1-4H3. The first-order valence-electron chi connectivity index (χ1n) is 5.92. The lowest BCUT2D eigenvalue weighted by Gasteiger charge is -2.10. The normalized spacial score (nSPS) is 11.5. The van der Waals surface area contributed by atoms with Gasteiger partial charge >= 0.3 is 5.97 Å². The minimum absolute atomic E-state index is 0.108. The Kier molecular flexibility index (Phi) is 4.66. The number of aryl methyl sites for hydroxylation is 1. The van der Waals surface area contributed by atoms with Crippen molar-refractivity contribution >= 4 is 5.97 Å². The zero-order valence-electron chi connectivity index (χ0n) is 10.9. The molecular formula is C12H20N2O3. The molecule has 0 atom stereocenters. The molecule has 0 radical (unpaired) electrons. The minimum Gasteiger partial charge on any atom is -0.466 e. The molecule has 0 fully saturated rings. The van der Waals surface area contributed by atoms with Gasteiger partial charge in [0, 0.05) is 18.3 Å². The van der Waals surface area contributed by atoms with E-state index in [1.54, 1.807) is 6.92 Å². The van der Waals surface area contributed by atoms with Crippen molar-refractivity contribution in [1.82, 2.24) is 10.1 Å². The quantitative estimate of drug-likeness (QED) is 0.738. The highest BCUT2D eigenvalue weighted by Gasteiger charge is 2.20. The first-order valence-corrected chi connectivity index (χ1v) is 5.92. The summed E-state index contributed by atoms with van der Waals surface area (Å²) >= 11 is 0. The van der Waals surface area contributed by atoms with Crippen LogP contribution < -0.4 is 0 Å². The number of hydrogen-bond donors (Lipinski definition) is 0. The number of rotatable bonds is 5. The van der Waals surface area contributed by atoms with E-state index in [0.717, 1.165) is 0 Å². The van der Waals surface area contributed by atoms with Gasteiger partial charge in [-0.15, -0.1) is 0 Å². The summed E-state index contributed by atoms with van der Waals surface area (Å²) in [5.41, 5.74) is -0.108. The van der Waals surface area contributed by atoms with Crippen LogP contribution in [0.1, 0.15) is 52.3 Å². The van der Waals surface area contributed by atoms with E-state index in [1.165, 1.54) is 0 Å². The van der Waals surface area contributed by atoms with Crippen LogP contribution in [0.5, 0.6) is 0 Å². The van der Waals surface area contributed by atoms with Crippen LogP contribution in [-0.2, 0) is 21.4 Å². The van der Waals surface area contributed by atoms with Crippen LogP contribution >= 0.6 is 0 Å². The summed E-state index contributed by atoms with van der Waals surface area (Å²) in [7, 11) is 0. The largest absolute Gasteiger partial charge is 0.466 e. The summed E-state index contributed by atoms with van der Waals surface area (Å²) in [6.07, 6.45) is 1.67. The summed E-state index contributed by atoms with van der Waals surface area (Å²) in [6.45, 7) is 8.31. The van der Waals surface area contributed by atoms with Gasteiger partial charge in [-0.05, 0) is 13.3 Å². The molecule has 1 aromatic heterocycles. The molecule has 0 aliphatic heterocycles. The van der Waals surface area contributed by atoms with Crippen molar-refractivity contribution in [1.29, 1.82) is 0 Å². The topological polar surface area (TPSA) is 65.2 Å². The maximum Gasteiger partial charge on any atom is 0.305 e. The third kappa shape index (κ3) is 4.54. The number of ether oxygens (including phenoxy) is 1. The molecular weight excluding hydrogens is 220 g/mol. The van der Waals surface area contributed by atoms with Crippen molar-refractivity contribution in [3.8, 4) is 0 Å². The van der Waals surface area contributed by atoms with Crippen molar-refractivity contribution in [2.24, 2.45) is 0 Å². The van der Waals surface area contributed by atoms with Crippen LogP contribution in [0.3, 0.4) is 0 Å². The summed E-state index contributed by atoms with van der Waals surface area (Å²) in [4.78, 5) is 15.4. The Morgan fingerprint density at radius 2 is 2.12 bits per heavy atom. The number of esters is 1. The predicted octanol–water partition coefficient (Wildman–Crippen LogP) is 2.25. The van der Waals surface area contributed by atoms with Crippen LogP contribution in [0.2, 0.25) is 0 Å². The van der Waals surface area contributed by atoms with Crippen molar-refractivity contribution in [2.45, 2.75) is 52.4 Å². The second kappa shape index (κ2) is 5.80. The van der Waals surface area contributed by atoms with Crippen LogP contribution in [0.25, 0.3) is 0 Å². The lowest BCUT2D eigenvalue weighted by Crippen LogP contribution is -2.13. The van der Waals surface area contributed by atoms with Gasteiger partial charge in [-0.2, -0.15) is 4.98 Å². The third-order valence-electron chi connectivity index (χ3n) is 2.22. The zero-order valence-corrected chi connectivity index (χ0v) is 10.9. The molecule has 0 bridgehead atoms. The monoisotopic (exact) mass is 240 g/mol. The molecule has 0 saturated carbocycles. The minimum atomic E-state index is -0.178. The third-order valence-corrected chi connectivity index (χ3v) is 2.22. The van der Waals surface area contributed by atoms with Crippen molar-refractivity contribution in [3.05, 3.63) is 11.7 Å². The summed E-state index contributed by atoms with van der Waals surface area (Å²) < 4.78 is 9.95. The summed E-state index contributed by atoms with van der Waals surface area (Å²) in [6, 6.07) is 0. The highest BCUT2D eigenvalue weighted by molar-refractivity contribution is 5.69. The lowest BCUT2D eigenvalue weighted by molar-refractivity contribution is -0.143. The maximum atomic E-state index is 11.1. The van der Waals surface area contributed by atoms with Gasteiger partial charge in [0.25, 0.3) is 0 Å². The van der Waals surface area contributed by atoms with E-state index in [9.17, 15) is 4.79 Å². The number of carbonyl (C=O) groups excluding carboxylic acids is 1. The molecule has 0 N–H and O–H groups in total. The van der Waals surface area contributed by atoms with Crippen molar-refractivity contribution in [3.63, 3.8) is 0 Å². The van der Waals surface area contributed by atoms with Crippen LogP contribution in [0.15, 0.2) is 4.52 Å². The molecule has 0 amide bonds. The highest BCUT2D eigenvalue weighted by atomic mass is 16.5. The molecule has 1 heterocycles. The van der Waals surface area contributed by atoms with Crippen LogP contribution in [-0.4, -0.2) is 22.7 Å². The summed E-state index contributed by atoms with van der Waals surface area (Å²) in [5.74, 6) is 1.10. The van der Waals surface area contributed by atoms with Crippen LogP contribution in [0, 0.1) is 0 Å². The molecule has 1 rings (SSSR count). The lowest BCUT2D eigenvalue weighted by atomic mass is 9.96. The van der Waals surface area contributed by atoms with Crippen molar-refractivity contribution < 1.29 is 14.1 Å². The SMILES string of the molecule is CCOC(=O)CCCc1nc(C(C)(C)C)no1. The molecule has 0 spiro atoms. The Hall–Kier alpha value is -1.39. The van der Waals surface area contributed by atoms with Gasteiger partial charge in [0.1, 0.15) is 0 Å². The first-order chi connectivity index (χ1) is 7.93. The Morgan fingerprint density at radius 3 is 2.65 bits per heavy atom. The zero-order chi connectivity index (χ0) is 12.9. The van der Waals surface area contributed by atoms with Gasteiger partial charge in [0.15, 0.2) is 5.82 Å². The van der Waals surface area contributed by atoms with Gasteiger partial charge in [0.2, 0.25) is 5.89 Å². The summed E-state index contributed by atoms with van der Waals surface area (Å²) in [5, 5.41) is 3.92. The second-order valence-electron chi connectivity index (χ2n) is 4.92. The average molecular weight is 240 g/mol. The smallest absolute Gasteiger partial charge is 0.305 e. The van der Waals surface area contributed by atoms with Gasteiger partial charge < -0.3 is 9.26 Å². The maximum absolute atomic E-state index is 11.1. The number of aromatic nitrogens is 2. The molecule has 1 aromatic rings. The van der Waals surface area contributed by atoms with Gasteiger partial charge in [-0.3, -0.25) is 4.79 Å². The first kappa shape index (κ1) is 13.7.